The maximum Gasteiger partial charge on any atom is 0.344 e. The number of unbranched alkanes of at least 4 members (excludes halogenated alkanes) is 1. The highest BCUT2D eigenvalue weighted by Gasteiger charge is 2.11. The van der Waals surface area contributed by atoms with Gasteiger partial charge >= 0.3 is 5.97 Å². The molecule has 0 aromatic heterocycles. The van der Waals surface area contributed by atoms with E-state index in [4.69, 9.17) is 15.2 Å². The number of carbonyl (C=O) groups excluding carboxylic acids is 1. The Morgan fingerprint density at radius 2 is 2.05 bits per heavy atom. The van der Waals surface area contributed by atoms with E-state index in [-0.39, 0.29) is 18.6 Å². The van der Waals surface area contributed by atoms with E-state index in [1.54, 1.807) is 0 Å². The van der Waals surface area contributed by atoms with Crippen LogP contribution in [0.15, 0.2) is 24.3 Å². The highest BCUT2D eigenvalue weighted by Crippen LogP contribution is 2.25. The molecule has 1 aromatic carbocycles. The SMILES string of the molecule is CCCCOC(=O)COc1ccccc1[C@@H](N)CC. The largest absolute Gasteiger partial charge is 0.482 e. The van der Waals surface area contributed by atoms with Crippen LogP contribution in [0, 0.1) is 0 Å². The molecule has 1 atom stereocenters. The Labute approximate surface area is 114 Å². The van der Waals surface area contributed by atoms with Gasteiger partial charge in [-0.1, -0.05) is 38.5 Å². The van der Waals surface area contributed by atoms with E-state index in [0.29, 0.717) is 12.4 Å². The van der Waals surface area contributed by atoms with Crippen LogP contribution < -0.4 is 10.5 Å². The summed E-state index contributed by atoms with van der Waals surface area (Å²) in [5.74, 6) is 0.317. The Morgan fingerprint density at radius 1 is 1.32 bits per heavy atom. The Balaban J connectivity index is 2.50. The molecule has 0 aliphatic carbocycles. The van der Waals surface area contributed by atoms with Gasteiger partial charge in [-0.3, -0.25) is 0 Å². The second kappa shape index (κ2) is 8.53. The Kier molecular flexibility index (Phi) is 6.97. The number of hydrogen-bond donors (Lipinski definition) is 1. The molecule has 0 radical (unpaired) electrons. The molecule has 0 spiro atoms. The minimum atomic E-state index is -0.340. The molecule has 0 heterocycles. The maximum absolute atomic E-state index is 11.5. The van der Waals surface area contributed by atoms with E-state index < -0.39 is 0 Å². The van der Waals surface area contributed by atoms with E-state index in [2.05, 4.69) is 0 Å². The minimum Gasteiger partial charge on any atom is -0.482 e. The van der Waals surface area contributed by atoms with Gasteiger partial charge in [-0.25, -0.2) is 4.79 Å². The molecule has 0 saturated heterocycles. The van der Waals surface area contributed by atoms with Crippen LogP contribution in [0.25, 0.3) is 0 Å². The fourth-order valence-corrected chi connectivity index (χ4v) is 1.65. The normalized spacial score (nSPS) is 11.9. The van der Waals surface area contributed by atoms with Crippen molar-refractivity contribution in [2.75, 3.05) is 13.2 Å². The third kappa shape index (κ3) is 5.30. The van der Waals surface area contributed by atoms with Crippen molar-refractivity contribution < 1.29 is 14.3 Å². The Hall–Kier alpha value is -1.55. The van der Waals surface area contributed by atoms with Crippen molar-refractivity contribution in [3.05, 3.63) is 29.8 Å². The van der Waals surface area contributed by atoms with Crippen LogP contribution in [0.3, 0.4) is 0 Å². The van der Waals surface area contributed by atoms with Crippen LogP contribution >= 0.6 is 0 Å². The summed E-state index contributed by atoms with van der Waals surface area (Å²) in [6.45, 7) is 4.44. The highest BCUT2D eigenvalue weighted by molar-refractivity contribution is 5.71. The molecule has 2 N–H and O–H groups in total. The molecule has 0 saturated carbocycles. The van der Waals surface area contributed by atoms with Crippen LogP contribution in [-0.4, -0.2) is 19.2 Å². The molecule has 4 heteroatoms. The molecule has 0 bridgehead atoms. The molecule has 0 fully saturated rings. The summed E-state index contributed by atoms with van der Waals surface area (Å²) in [4.78, 5) is 11.5. The summed E-state index contributed by atoms with van der Waals surface area (Å²) >= 11 is 0. The molecule has 1 rings (SSSR count). The van der Waals surface area contributed by atoms with Gasteiger partial charge in [0.05, 0.1) is 6.61 Å². The first kappa shape index (κ1) is 15.5. The van der Waals surface area contributed by atoms with Gasteiger partial charge in [-0.05, 0) is 18.9 Å². The Bertz CT molecular complexity index is 393. The zero-order chi connectivity index (χ0) is 14.1. The van der Waals surface area contributed by atoms with E-state index in [1.807, 2.05) is 38.1 Å². The summed E-state index contributed by atoms with van der Waals surface area (Å²) in [7, 11) is 0. The molecule has 0 aliphatic heterocycles. The van der Waals surface area contributed by atoms with E-state index in [1.165, 1.54) is 0 Å². The van der Waals surface area contributed by atoms with Crippen LogP contribution in [0.1, 0.15) is 44.7 Å². The monoisotopic (exact) mass is 265 g/mol. The topological polar surface area (TPSA) is 61.5 Å². The summed E-state index contributed by atoms with van der Waals surface area (Å²) in [5.41, 5.74) is 6.93. The average molecular weight is 265 g/mol. The van der Waals surface area contributed by atoms with Crippen LogP contribution in [0.2, 0.25) is 0 Å². The number of hydrogen-bond acceptors (Lipinski definition) is 4. The predicted octanol–water partition coefficient (Wildman–Crippen LogP) is 2.82. The third-order valence-corrected chi connectivity index (χ3v) is 2.86. The second-order valence-electron chi connectivity index (χ2n) is 4.42. The summed E-state index contributed by atoms with van der Waals surface area (Å²) in [5, 5.41) is 0. The number of carbonyl (C=O) groups is 1. The van der Waals surface area contributed by atoms with Gasteiger partial charge in [0, 0.05) is 11.6 Å². The smallest absolute Gasteiger partial charge is 0.344 e. The first-order valence-corrected chi connectivity index (χ1v) is 6.82. The van der Waals surface area contributed by atoms with Crippen molar-refractivity contribution in [2.24, 2.45) is 5.73 Å². The standard InChI is InChI=1S/C15H23NO3/c1-3-5-10-18-15(17)11-19-14-9-7-6-8-12(14)13(16)4-2/h6-9,13H,3-5,10-11,16H2,1-2H3/t13-/m0/s1. The van der Waals surface area contributed by atoms with Gasteiger partial charge in [0.2, 0.25) is 0 Å². The van der Waals surface area contributed by atoms with Crippen molar-refractivity contribution in [1.82, 2.24) is 0 Å². The first-order valence-electron chi connectivity index (χ1n) is 6.82. The second-order valence-corrected chi connectivity index (χ2v) is 4.42. The van der Waals surface area contributed by atoms with Crippen LogP contribution in [0.5, 0.6) is 5.75 Å². The van der Waals surface area contributed by atoms with Gasteiger partial charge in [-0.2, -0.15) is 0 Å². The third-order valence-electron chi connectivity index (χ3n) is 2.86. The van der Waals surface area contributed by atoms with Gasteiger partial charge in [-0.15, -0.1) is 0 Å². The number of esters is 1. The fourth-order valence-electron chi connectivity index (χ4n) is 1.65. The lowest BCUT2D eigenvalue weighted by Crippen LogP contribution is -2.17. The average Bonchev–Trinajstić information content (AvgIpc) is 2.45. The van der Waals surface area contributed by atoms with Gasteiger partial charge in [0.25, 0.3) is 0 Å². The van der Waals surface area contributed by atoms with Gasteiger partial charge in [0.15, 0.2) is 6.61 Å². The van der Waals surface area contributed by atoms with E-state index in [9.17, 15) is 4.79 Å². The van der Waals surface area contributed by atoms with Crippen molar-refractivity contribution in [3.63, 3.8) is 0 Å². The lowest BCUT2D eigenvalue weighted by atomic mass is 10.0. The molecule has 19 heavy (non-hydrogen) atoms. The number of ether oxygens (including phenoxy) is 2. The summed E-state index contributed by atoms with van der Waals surface area (Å²) in [6, 6.07) is 7.45. The quantitative estimate of drug-likeness (QED) is 0.580. The fraction of sp³-hybridized carbons (Fsp3) is 0.533. The van der Waals surface area contributed by atoms with Crippen molar-refractivity contribution >= 4 is 5.97 Å². The van der Waals surface area contributed by atoms with Crippen molar-refractivity contribution in [3.8, 4) is 5.75 Å². The molecule has 106 valence electrons. The minimum absolute atomic E-state index is 0.0723. The van der Waals surface area contributed by atoms with Gasteiger partial charge < -0.3 is 15.2 Å². The van der Waals surface area contributed by atoms with E-state index >= 15 is 0 Å². The number of benzene rings is 1. The van der Waals surface area contributed by atoms with Gasteiger partial charge in [0.1, 0.15) is 5.75 Å². The number of rotatable bonds is 8. The lowest BCUT2D eigenvalue weighted by molar-refractivity contribution is -0.146. The molecule has 4 nitrogen and oxygen atoms in total. The molecule has 1 aromatic rings. The molecular weight excluding hydrogens is 242 g/mol. The summed E-state index contributed by atoms with van der Waals surface area (Å²) in [6.07, 6.45) is 2.70. The first-order chi connectivity index (χ1) is 9.19. The molecule has 0 aliphatic rings. The van der Waals surface area contributed by atoms with Crippen LogP contribution in [0.4, 0.5) is 0 Å². The maximum atomic E-state index is 11.5. The zero-order valence-corrected chi connectivity index (χ0v) is 11.7. The zero-order valence-electron chi connectivity index (χ0n) is 11.7. The van der Waals surface area contributed by atoms with E-state index in [0.717, 1.165) is 24.8 Å². The summed E-state index contributed by atoms with van der Waals surface area (Å²) < 4.78 is 10.5. The molecular formula is C15H23NO3. The molecule has 0 unspecified atom stereocenters. The number of nitrogens with two attached hydrogens (primary N) is 1. The Morgan fingerprint density at radius 3 is 2.74 bits per heavy atom. The lowest BCUT2D eigenvalue weighted by Gasteiger charge is -2.15. The van der Waals surface area contributed by atoms with Crippen molar-refractivity contribution in [2.45, 2.75) is 39.2 Å². The molecule has 0 amide bonds. The number of para-hydroxylation sites is 1. The predicted molar refractivity (Wildman–Crippen MR) is 75.0 cm³/mol. The van der Waals surface area contributed by atoms with Crippen molar-refractivity contribution in [1.29, 1.82) is 0 Å². The highest BCUT2D eigenvalue weighted by atomic mass is 16.6. The van der Waals surface area contributed by atoms with Crippen LogP contribution in [-0.2, 0) is 9.53 Å².